The van der Waals surface area contributed by atoms with Crippen molar-refractivity contribution in [3.05, 3.63) is 71.3 Å². The molecule has 3 rings (SSSR count). The van der Waals surface area contributed by atoms with Gasteiger partial charge < -0.3 is 5.32 Å². The lowest BCUT2D eigenvalue weighted by Crippen LogP contribution is -2.33. The number of benzene rings is 2. The normalized spacial score (nSPS) is 17.6. The molecule has 29 heavy (non-hydrogen) atoms. The van der Waals surface area contributed by atoms with Gasteiger partial charge in [-0.15, -0.1) is 6.58 Å². The molecule has 7 heteroatoms. The summed E-state index contributed by atoms with van der Waals surface area (Å²) >= 11 is 7.38. The minimum atomic E-state index is -0.529. The maximum Gasteiger partial charge on any atom is 0.242 e. The van der Waals surface area contributed by atoms with Gasteiger partial charge in [0.15, 0.2) is 5.17 Å². The highest BCUT2D eigenvalue weighted by atomic mass is 35.5. The molecule has 1 saturated heterocycles. The minimum Gasteiger partial charge on any atom is -0.326 e. The van der Waals surface area contributed by atoms with E-state index in [1.807, 2.05) is 44.2 Å². The molecule has 1 aliphatic heterocycles. The van der Waals surface area contributed by atoms with E-state index in [1.165, 1.54) is 11.8 Å². The molecule has 0 spiro atoms. The SMILES string of the molecule is C=CCN1C(=O)[C@H](CC(=O)Nc2ccc(C)cc2)SC1=Nc1cc(Cl)ccc1C. The number of aryl methyl sites for hydroxylation is 2. The Labute approximate surface area is 179 Å². The zero-order valence-electron chi connectivity index (χ0n) is 16.3. The van der Waals surface area contributed by atoms with E-state index in [0.29, 0.717) is 28.1 Å². The van der Waals surface area contributed by atoms with Crippen LogP contribution in [0, 0.1) is 13.8 Å². The molecular weight excluding hydrogens is 406 g/mol. The molecule has 0 unspecified atom stereocenters. The molecule has 5 nitrogen and oxygen atoms in total. The predicted octanol–water partition coefficient (Wildman–Crippen LogP) is 5.10. The van der Waals surface area contributed by atoms with Crippen LogP contribution in [0.4, 0.5) is 11.4 Å². The summed E-state index contributed by atoms with van der Waals surface area (Å²) in [7, 11) is 0. The van der Waals surface area contributed by atoms with E-state index in [4.69, 9.17) is 11.6 Å². The van der Waals surface area contributed by atoms with Crippen LogP contribution in [0.5, 0.6) is 0 Å². The van der Waals surface area contributed by atoms with E-state index in [1.54, 1.807) is 23.1 Å². The van der Waals surface area contributed by atoms with Gasteiger partial charge in [0, 0.05) is 23.7 Å². The van der Waals surface area contributed by atoms with Gasteiger partial charge in [0.05, 0.1) is 5.69 Å². The predicted molar refractivity (Wildman–Crippen MR) is 121 cm³/mol. The molecule has 0 bridgehead atoms. The van der Waals surface area contributed by atoms with E-state index in [2.05, 4.69) is 16.9 Å². The Kier molecular flexibility index (Phi) is 6.77. The van der Waals surface area contributed by atoms with E-state index in [0.717, 1.165) is 11.1 Å². The maximum absolute atomic E-state index is 12.9. The van der Waals surface area contributed by atoms with Crippen molar-refractivity contribution in [2.75, 3.05) is 11.9 Å². The summed E-state index contributed by atoms with van der Waals surface area (Å²) in [5.74, 6) is -0.356. The van der Waals surface area contributed by atoms with Gasteiger partial charge in [-0.05, 0) is 43.7 Å². The summed E-state index contributed by atoms with van der Waals surface area (Å²) in [6, 6.07) is 13.0. The molecule has 1 heterocycles. The number of halogens is 1. The average molecular weight is 428 g/mol. The minimum absolute atomic E-state index is 0.0680. The lowest BCUT2D eigenvalue weighted by atomic mass is 10.2. The largest absolute Gasteiger partial charge is 0.326 e. The van der Waals surface area contributed by atoms with Gasteiger partial charge in [0.1, 0.15) is 5.25 Å². The highest BCUT2D eigenvalue weighted by Crippen LogP contribution is 2.33. The van der Waals surface area contributed by atoms with Gasteiger partial charge in [-0.3, -0.25) is 14.5 Å². The number of carbonyl (C=O) groups is 2. The first-order valence-corrected chi connectivity index (χ1v) is 10.4. The zero-order chi connectivity index (χ0) is 21.0. The van der Waals surface area contributed by atoms with Crippen LogP contribution in [-0.2, 0) is 9.59 Å². The van der Waals surface area contributed by atoms with Crippen LogP contribution < -0.4 is 5.32 Å². The Morgan fingerprint density at radius 1 is 1.28 bits per heavy atom. The Balaban J connectivity index is 1.76. The van der Waals surface area contributed by atoms with Crippen LogP contribution in [-0.4, -0.2) is 33.7 Å². The van der Waals surface area contributed by atoms with Crippen molar-refractivity contribution in [3.8, 4) is 0 Å². The molecule has 1 atom stereocenters. The first-order valence-electron chi connectivity index (χ1n) is 9.17. The molecule has 2 aromatic carbocycles. The monoisotopic (exact) mass is 427 g/mol. The van der Waals surface area contributed by atoms with Crippen LogP contribution in [0.3, 0.4) is 0 Å². The highest BCUT2D eigenvalue weighted by molar-refractivity contribution is 8.15. The van der Waals surface area contributed by atoms with E-state index in [-0.39, 0.29) is 18.2 Å². The second-order valence-corrected chi connectivity index (χ2v) is 8.39. The van der Waals surface area contributed by atoms with Gasteiger partial charge in [0.25, 0.3) is 0 Å². The van der Waals surface area contributed by atoms with Crippen molar-refractivity contribution in [1.29, 1.82) is 0 Å². The lowest BCUT2D eigenvalue weighted by molar-refractivity contribution is -0.127. The molecule has 0 aromatic heterocycles. The summed E-state index contributed by atoms with van der Waals surface area (Å²) in [4.78, 5) is 31.5. The molecule has 2 amide bonds. The quantitative estimate of drug-likeness (QED) is 0.652. The molecule has 0 radical (unpaired) electrons. The third-order valence-corrected chi connectivity index (χ3v) is 5.84. The standard InChI is InChI=1S/C22H22ClN3O2S/c1-4-11-26-21(28)19(13-20(27)24-17-9-5-14(2)6-10-17)29-22(26)25-18-12-16(23)8-7-15(18)3/h4-10,12,19H,1,11,13H2,2-3H3,(H,24,27)/t19-/m0/s1. The van der Waals surface area contributed by atoms with Crippen LogP contribution in [0.2, 0.25) is 5.02 Å². The number of aliphatic imine (C=N–C) groups is 1. The van der Waals surface area contributed by atoms with Crippen LogP contribution in [0.1, 0.15) is 17.5 Å². The molecule has 1 fully saturated rings. The smallest absolute Gasteiger partial charge is 0.242 e. The van der Waals surface area contributed by atoms with Gasteiger partial charge in [-0.25, -0.2) is 4.99 Å². The Morgan fingerprint density at radius 3 is 2.69 bits per heavy atom. The van der Waals surface area contributed by atoms with E-state index < -0.39 is 5.25 Å². The van der Waals surface area contributed by atoms with Gasteiger partial charge in [0.2, 0.25) is 11.8 Å². The number of nitrogens with zero attached hydrogens (tertiary/aromatic N) is 2. The van der Waals surface area contributed by atoms with Crippen molar-refractivity contribution in [2.45, 2.75) is 25.5 Å². The van der Waals surface area contributed by atoms with Crippen molar-refractivity contribution in [1.82, 2.24) is 4.90 Å². The number of carbonyl (C=O) groups excluding carboxylic acids is 2. The van der Waals surface area contributed by atoms with Gasteiger partial charge >= 0.3 is 0 Å². The fraction of sp³-hybridized carbons (Fsp3) is 0.227. The fourth-order valence-electron chi connectivity index (χ4n) is 2.85. The van der Waals surface area contributed by atoms with E-state index in [9.17, 15) is 9.59 Å². The number of hydrogen-bond donors (Lipinski definition) is 1. The summed E-state index contributed by atoms with van der Waals surface area (Å²) in [6.07, 6.45) is 1.71. The molecule has 150 valence electrons. The Morgan fingerprint density at radius 2 is 2.00 bits per heavy atom. The topological polar surface area (TPSA) is 61.8 Å². The third kappa shape index (κ3) is 5.28. The number of nitrogens with one attached hydrogen (secondary N) is 1. The molecule has 1 N–H and O–H groups in total. The first kappa shape index (κ1) is 21.1. The van der Waals surface area contributed by atoms with Crippen molar-refractivity contribution >= 4 is 51.7 Å². The second kappa shape index (κ2) is 9.29. The Bertz CT molecular complexity index is 973. The van der Waals surface area contributed by atoms with Crippen LogP contribution in [0.25, 0.3) is 0 Å². The number of thioether (sulfide) groups is 1. The maximum atomic E-state index is 12.9. The number of hydrogen-bond acceptors (Lipinski definition) is 4. The van der Waals surface area contributed by atoms with Gasteiger partial charge in [-0.1, -0.05) is 53.2 Å². The summed E-state index contributed by atoms with van der Waals surface area (Å²) in [5.41, 5.74) is 3.48. The van der Waals surface area contributed by atoms with Crippen molar-refractivity contribution in [2.24, 2.45) is 4.99 Å². The zero-order valence-corrected chi connectivity index (χ0v) is 17.9. The first-order chi connectivity index (χ1) is 13.9. The highest BCUT2D eigenvalue weighted by Gasteiger charge is 2.38. The molecular formula is C22H22ClN3O2S. The Hall–Kier alpha value is -2.57. The second-order valence-electron chi connectivity index (χ2n) is 6.79. The summed E-state index contributed by atoms with van der Waals surface area (Å²) in [6.45, 7) is 7.97. The summed E-state index contributed by atoms with van der Waals surface area (Å²) < 4.78 is 0. The van der Waals surface area contributed by atoms with Gasteiger partial charge in [-0.2, -0.15) is 0 Å². The number of amidine groups is 1. The fourth-order valence-corrected chi connectivity index (χ4v) is 4.17. The average Bonchev–Trinajstić information content (AvgIpc) is 2.95. The number of anilines is 1. The molecule has 0 saturated carbocycles. The number of rotatable bonds is 6. The van der Waals surface area contributed by atoms with Crippen molar-refractivity contribution in [3.63, 3.8) is 0 Å². The van der Waals surface area contributed by atoms with E-state index >= 15 is 0 Å². The van der Waals surface area contributed by atoms with Crippen LogP contribution >= 0.6 is 23.4 Å². The lowest BCUT2D eigenvalue weighted by Gasteiger charge is -2.14. The summed E-state index contributed by atoms with van der Waals surface area (Å²) in [5, 5.41) is 3.44. The molecule has 2 aromatic rings. The van der Waals surface area contributed by atoms with Crippen LogP contribution in [0.15, 0.2) is 60.1 Å². The van der Waals surface area contributed by atoms with Crippen molar-refractivity contribution < 1.29 is 9.59 Å². The molecule has 1 aliphatic rings. The number of amides is 2. The molecule has 0 aliphatic carbocycles. The third-order valence-electron chi connectivity index (χ3n) is 4.43.